The van der Waals surface area contributed by atoms with Gasteiger partial charge in [0, 0.05) is 17.3 Å². The Bertz CT molecular complexity index is 1100. The monoisotopic (exact) mass is 327 g/mol. The van der Waals surface area contributed by atoms with E-state index in [0.29, 0.717) is 28.3 Å². The summed E-state index contributed by atoms with van der Waals surface area (Å²) in [7, 11) is 1.62. The van der Waals surface area contributed by atoms with Crippen LogP contribution in [0.5, 0.6) is 5.75 Å². The molecule has 0 N–H and O–H groups in total. The van der Waals surface area contributed by atoms with Gasteiger partial charge in [-0.25, -0.2) is 4.98 Å². The lowest BCUT2D eigenvalue weighted by Crippen LogP contribution is -1.91. The van der Waals surface area contributed by atoms with Gasteiger partial charge in [0.05, 0.1) is 24.4 Å². The van der Waals surface area contributed by atoms with Crippen molar-refractivity contribution < 1.29 is 9.15 Å². The van der Waals surface area contributed by atoms with E-state index in [1.54, 1.807) is 31.5 Å². The van der Waals surface area contributed by atoms with Crippen molar-refractivity contribution >= 4 is 11.1 Å². The van der Waals surface area contributed by atoms with Gasteiger partial charge in [-0.2, -0.15) is 5.26 Å². The first-order valence-corrected chi connectivity index (χ1v) is 7.69. The third kappa shape index (κ3) is 2.70. The van der Waals surface area contributed by atoms with Gasteiger partial charge in [-0.1, -0.05) is 6.07 Å². The predicted molar refractivity (Wildman–Crippen MR) is 93.9 cm³/mol. The molecule has 0 spiro atoms. The second kappa shape index (κ2) is 6.10. The fourth-order valence-corrected chi connectivity index (χ4v) is 2.68. The topological polar surface area (TPSA) is 71.9 Å². The molecule has 120 valence electrons. The summed E-state index contributed by atoms with van der Waals surface area (Å²) in [6.45, 7) is 0. The summed E-state index contributed by atoms with van der Waals surface area (Å²) in [4.78, 5) is 8.84. The van der Waals surface area contributed by atoms with Gasteiger partial charge in [0.15, 0.2) is 5.58 Å². The summed E-state index contributed by atoms with van der Waals surface area (Å²) < 4.78 is 11.3. The first kappa shape index (κ1) is 14.9. The Labute approximate surface area is 144 Å². The molecule has 0 aliphatic heterocycles. The van der Waals surface area contributed by atoms with E-state index in [9.17, 15) is 0 Å². The molecule has 5 heteroatoms. The Morgan fingerprint density at radius 2 is 2.00 bits per heavy atom. The molecule has 25 heavy (non-hydrogen) atoms. The number of nitriles is 1. The standard InChI is InChI=1S/C20H13N3O2/c1-24-19-11-14(6-7-15(19)16-4-2-3-9-22-16)20-23-17-10-13(12-21)5-8-18(17)25-20/h2-11H,1H3. The van der Waals surface area contributed by atoms with Crippen LogP contribution in [0.1, 0.15) is 5.56 Å². The van der Waals surface area contributed by atoms with Crippen LogP contribution >= 0.6 is 0 Å². The SMILES string of the molecule is COc1cc(-c2nc3cc(C#N)ccc3o2)ccc1-c1ccccn1. The number of hydrogen-bond acceptors (Lipinski definition) is 5. The molecular formula is C20H13N3O2. The quantitative estimate of drug-likeness (QED) is 0.556. The molecule has 0 aliphatic carbocycles. The number of hydrogen-bond donors (Lipinski definition) is 0. The van der Waals surface area contributed by atoms with Crippen molar-refractivity contribution in [3.63, 3.8) is 0 Å². The molecule has 2 aromatic heterocycles. The van der Waals surface area contributed by atoms with Crippen LogP contribution in [0.25, 0.3) is 33.8 Å². The minimum atomic E-state index is 0.482. The van der Waals surface area contributed by atoms with Crippen LogP contribution in [0.3, 0.4) is 0 Å². The highest BCUT2D eigenvalue weighted by Gasteiger charge is 2.13. The van der Waals surface area contributed by atoms with Gasteiger partial charge >= 0.3 is 0 Å². The van der Waals surface area contributed by atoms with E-state index in [-0.39, 0.29) is 0 Å². The van der Waals surface area contributed by atoms with Gasteiger partial charge in [-0.3, -0.25) is 4.98 Å². The minimum absolute atomic E-state index is 0.482. The summed E-state index contributed by atoms with van der Waals surface area (Å²) in [6.07, 6.45) is 1.75. The molecule has 0 bridgehead atoms. The van der Waals surface area contributed by atoms with Crippen molar-refractivity contribution in [2.75, 3.05) is 7.11 Å². The van der Waals surface area contributed by atoms with Gasteiger partial charge < -0.3 is 9.15 Å². The van der Waals surface area contributed by atoms with Crippen molar-refractivity contribution in [1.82, 2.24) is 9.97 Å². The van der Waals surface area contributed by atoms with Crippen LogP contribution in [0.4, 0.5) is 0 Å². The molecule has 4 aromatic rings. The average Bonchev–Trinajstić information content (AvgIpc) is 3.11. The maximum atomic E-state index is 9.00. The molecule has 0 amide bonds. The zero-order chi connectivity index (χ0) is 17.2. The Hall–Kier alpha value is -3.65. The van der Waals surface area contributed by atoms with Crippen LogP contribution in [0.15, 0.2) is 65.2 Å². The van der Waals surface area contributed by atoms with Crippen LogP contribution in [0, 0.1) is 11.3 Å². The Morgan fingerprint density at radius 1 is 1.08 bits per heavy atom. The number of benzene rings is 2. The number of ether oxygens (including phenoxy) is 1. The van der Waals surface area contributed by atoms with E-state index >= 15 is 0 Å². The fraction of sp³-hybridized carbons (Fsp3) is 0.0500. The van der Waals surface area contributed by atoms with Crippen molar-refractivity contribution in [3.8, 4) is 34.5 Å². The normalized spacial score (nSPS) is 10.6. The molecule has 5 nitrogen and oxygen atoms in total. The van der Waals surface area contributed by atoms with Crippen molar-refractivity contribution in [3.05, 3.63) is 66.4 Å². The first-order chi connectivity index (χ1) is 12.3. The summed E-state index contributed by atoms with van der Waals surface area (Å²) in [5, 5.41) is 9.00. The van der Waals surface area contributed by atoms with Gasteiger partial charge in [0.25, 0.3) is 0 Å². The second-order valence-corrected chi connectivity index (χ2v) is 5.44. The number of nitrogens with zero attached hydrogens (tertiary/aromatic N) is 3. The molecule has 0 radical (unpaired) electrons. The number of aromatic nitrogens is 2. The van der Waals surface area contributed by atoms with E-state index in [4.69, 9.17) is 14.4 Å². The van der Waals surface area contributed by atoms with Gasteiger partial charge in [-0.05, 0) is 48.5 Å². The number of rotatable bonds is 3. The van der Waals surface area contributed by atoms with E-state index in [2.05, 4.69) is 16.0 Å². The van der Waals surface area contributed by atoms with E-state index in [1.165, 1.54) is 0 Å². The molecule has 4 rings (SSSR count). The van der Waals surface area contributed by atoms with Gasteiger partial charge in [0.1, 0.15) is 11.3 Å². The Balaban J connectivity index is 1.80. The van der Waals surface area contributed by atoms with Crippen molar-refractivity contribution in [2.24, 2.45) is 0 Å². The maximum Gasteiger partial charge on any atom is 0.227 e. The lowest BCUT2D eigenvalue weighted by molar-refractivity contribution is 0.416. The van der Waals surface area contributed by atoms with Crippen molar-refractivity contribution in [2.45, 2.75) is 0 Å². The summed E-state index contributed by atoms with van der Waals surface area (Å²) in [6, 6.07) is 18.7. The number of methoxy groups -OCH3 is 1. The smallest absolute Gasteiger partial charge is 0.227 e. The number of pyridine rings is 1. The third-order valence-electron chi connectivity index (χ3n) is 3.91. The second-order valence-electron chi connectivity index (χ2n) is 5.44. The summed E-state index contributed by atoms with van der Waals surface area (Å²) >= 11 is 0. The third-order valence-corrected chi connectivity index (χ3v) is 3.91. The highest BCUT2D eigenvalue weighted by Crippen LogP contribution is 2.34. The summed E-state index contributed by atoms with van der Waals surface area (Å²) in [5.74, 6) is 1.17. The molecule has 0 saturated carbocycles. The highest BCUT2D eigenvalue weighted by atomic mass is 16.5. The van der Waals surface area contributed by atoms with Gasteiger partial charge in [0.2, 0.25) is 5.89 Å². The minimum Gasteiger partial charge on any atom is -0.496 e. The molecule has 2 heterocycles. The lowest BCUT2D eigenvalue weighted by atomic mass is 10.1. The largest absolute Gasteiger partial charge is 0.496 e. The highest BCUT2D eigenvalue weighted by molar-refractivity contribution is 5.79. The van der Waals surface area contributed by atoms with E-state index < -0.39 is 0 Å². The Morgan fingerprint density at radius 3 is 2.76 bits per heavy atom. The molecule has 2 aromatic carbocycles. The molecule has 0 unspecified atom stereocenters. The molecule has 0 aliphatic rings. The number of fused-ring (bicyclic) bond motifs is 1. The van der Waals surface area contributed by atoms with Crippen LogP contribution in [-0.4, -0.2) is 17.1 Å². The van der Waals surface area contributed by atoms with Crippen molar-refractivity contribution in [1.29, 1.82) is 5.26 Å². The zero-order valence-corrected chi connectivity index (χ0v) is 13.4. The van der Waals surface area contributed by atoms with Crippen LogP contribution in [-0.2, 0) is 0 Å². The molecule has 0 fully saturated rings. The van der Waals surface area contributed by atoms with E-state index in [0.717, 1.165) is 16.8 Å². The average molecular weight is 327 g/mol. The first-order valence-electron chi connectivity index (χ1n) is 7.69. The maximum absolute atomic E-state index is 9.00. The Kier molecular flexibility index (Phi) is 3.64. The predicted octanol–water partition coefficient (Wildman–Crippen LogP) is 4.44. The summed E-state index contributed by atoms with van der Waals surface area (Å²) in [5.41, 5.74) is 4.38. The lowest BCUT2D eigenvalue weighted by Gasteiger charge is -2.09. The zero-order valence-electron chi connectivity index (χ0n) is 13.4. The van der Waals surface area contributed by atoms with Crippen LogP contribution in [0.2, 0.25) is 0 Å². The van der Waals surface area contributed by atoms with E-state index in [1.807, 2.05) is 36.4 Å². The molecule has 0 saturated heterocycles. The fourth-order valence-electron chi connectivity index (χ4n) is 2.68. The van der Waals surface area contributed by atoms with Gasteiger partial charge in [-0.15, -0.1) is 0 Å². The van der Waals surface area contributed by atoms with Crippen LogP contribution < -0.4 is 4.74 Å². The molecular weight excluding hydrogens is 314 g/mol. The number of oxazole rings is 1. The molecule has 0 atom stereocenters.